The van der Waals surface area contributed by atoms with Crippen molar-refractivity contribution < 1.29 is 9.90 Å². The molecule has 3 aromatic rings. The van der Waals surface area contributed by atoms with Crippen molar-refractivity contribution in [2.75, 3.05) is 11.1 Å². The van der Waals surface area contributed by atoms with E-state index in [2.05, 4.69) is 17.4 Å². The summed E-state index contributed by atoms with van der Waals surface area (Å²) in [6, 6.07) is 13.0. The van der Waals surface area contributed by atoms with Crippen LogP contribution in [0.2, 0.25) is 0 Å². The van der Waals surface area contributed by atoms with Crippen molar-refractivity contribution in [3.8, 4) is 0 Å². The normalized spacial score (nSPS) is 10.6. The number of fused-ring (bicyclic) bond motifs is 1. The highest BCUT2D eigenvalue weighted by Gasteiger charge is 2.08. The molecule has 1 heterocycles. The van der Waals surface area contributed by atoms with Gasteiger partial charge in [0.25, 0.3) is 0 Å². The van der Waals surface area contributed by atoms with Crippen LogP contribution in [0.4, 0.5) is 17.1 Å². The van der Waals surface area contributed by atoms with E-state index in [-0.39, 0.29) is 11.3 Å². The highest BCUT2D eigenvalue weighted by atomic mass is 32.1. The first-order chi connectivity index (χ1) is 9.63. The third-order valence-electron chi connectivity index (χ3n) is 3.02. The van der Waals surface area contributed by atoms with Gasteiger partial charge in [-0.25, -0.2) is 4.79 Å². The lowest BCUT2D eigenvalue weighted by Gasteiger charge is -2.09. The SMILES string of the molecule is Nc1cc(Nc2ccc3sccc3c2)ccc1C(=O)O. The van der Waals surface area contributed by atoms with Gasteiger partial charge in [0.1, 0.15) is 0 Å². The molecule has 0 aliphatic rings. The lowest BCUT2D eigenvalue weighted by atomic mass is 10.1. The van der Waals surface area contributed by atoms with E-state index in [4.69, 9.17) is 10.8 Å². The number of nitrogens with one attached hydrogen (secondary N) is 1. The molecule has 2 aromatic carbocycles. The van der Waals surface area contributed by atoms with Crippen LogP contribution in [0.15, 0.2) is 47.8 Å². The molecular formula is C15H12N2O2S. The number of carbonyl (C=O) groups is 1. The number of benzene rings is 2. The first-order valence-electron chi connectivity index (χ1n) is 6.00. The Balaban J connectivity index is 1.90. The van der Waals surface area contributed by atoms with E-state index in [0.717, 1.165) is 11.4 Å². The molecule has 0 atom stereocenters. The molecule has 4 N–H and O–H groups in total. The Bertz CT molecular complexity index is 795. The lowest BCUT2D eigenvalue weighted by molar-refractivity contribution is 0.0698. The molecule has 20 heavy (non-hydrogen) atoms. The van der Waals surface area contributed by atoms with Gasteiger partial charge in [-0.15, -0.1) is 11.3 Å². The fraction of sp³-hybridized carbons (Fsp3) is 0. The van der Waals surface area contributed by atoms with E-state index >= 15 is 0 Å². The van der Waals surface area contributed by atoms with Gasteiger partial charge >= 0.3 is 5.97 Å². The van der Waals surface area contributed by atoms with Crippen molar-refractivity contribution >= 4 is 44.5 Å². The second-order valence-electron chi connectivity index (χ2n) is 4.41. The van der Waals surface area contributed by atoms with Crippen LogP contribution < -0.4 is 11.1 Å². The summed E-state index contributed by atoms with van der Waals surface area (Å²) in [5, 5.41) is 15.4. The van der Waals surface area contributed by atoms with Crippen LogP contribution in [0.3, 0.4) is 0 Å². The Labute approximate surface area is 119 Å². The summed E-state index contributed by atoms with van der Waals surface area (Å²) in [7, 11) is 0. The lowest BCUT2D eigenvalue weighted by Crippen LogP contribution is -2.02. The number of hydrogen-bond donors (Lipinski definition) is 3. The van der Waals surface area contributed by atoms with Crippen molar-refractivity contribution in [3.63, 3.8) is 0 Å². The van der Waals surface area contributed by atoms with Gasteiger partial charge in [-0.2, -0.15) is 0 Å². The van der Waals surface area contributed by atoms with Crippen molar-refractivity contribution in [3.05, 3.63) is 53.4 Å². The second-order valence-corrected chi connectivity index (χ2v) is 5.35. The zero-order valence-corrected chi connectivity index (χ0v) is 11.3. The van der Waals surface area contributed by atoms with Crippen LogP contribution in [0.5, 0.6) is 0 Å². The molecule has 0 radical (unpaired) electrons. The minimum atomic E-state index is -1.02. The van der Waals surface area contributed by atoms with Crippen LogP contribution in [-0.2, 0) is 0 Å². The molecule has 0 fully saturated rings. The molecule has 100 valence electrons. The van der Waals surface area contributed by atoms with E-state index < -0.39 is 5.97 Å². The van der Waals surface area contributed by atoms with E-state index in [1.807, 2.05) is 17.5 Å². The summed E-state index contributed by atoms with van der Waals surface area (Å²) >= 11 is 1.70. The molecular weight excluding hydrogens is 272 g/mol. The Morgan fingerprint density at radius 1 is 1.10 bits per heavy atom. The molecule has 3 rings (SSSR count). The zero-order chi connectivity index (χ0) is 14.1. The van der Waals surface area contributed by atoms with Crippen LogP contribution in [-0.4, -0.2) is 11.1 Å². The highest BCUT2D eigenvalue weighted by molar-refractivity contribution is 7.17. The van der Waals surface area contributed by atoms with Gasteiger partial charge in [0.2, 0.25) is 0 Å². The predicted octanol–water partition coefficient (Wildman–Crippen LogP) is 3.93. The molecule has 0 bridgehead atoms. The fourth-order valence-electron chi connectivity index (χ4n) is 2.05. The van der Waals surface area contributed by atoms with Crippen molar-refractivity contribution in [2.45, 2.75) is 0 Å². The summed E-state index contributed by atoms with van der Waals surface area (Å²) in [5.41, 5.74) is 7.80. The van der Waals surface area contributed by atoms with E-state index in [1.165, 1.54) is 16.2 Å². The zero-order valence-electron chi connectivity index (χ0n) is 10.5. The molecule has 4 nitrogen and oxygen atoms in total. The molecule has 0 unspecified atom stereocenters. The third-order valence-corrected chi connectivity index (χ3v) is 3.92. The minimum Gasteiger partial charge on any atom is -0.478 e. The van der Waals surface area contributed by atoms with Crippen LogP contribution in [0.1, 0.15) is 10.4 Å². The van der Waals surface area contributed by atoms with Gasteiger partial charge in [0.15, 0.2) is 0 Å². The smallest absolute Gasteiger partial charge is 0.337 e. The van der Waals surface area contributed by atoms with Gasteiger partial charge in [0.05, 0.1) is 5.56 Å². The second kappa shape index (κ2) is 4.86. The standard InChI is InChI=1S/C15H12N2O2S/c16-13-8-11(1-3-12(13)15(18)19)17-10-2-4-14-9(7-10)5-6-20-14/h1-8,17H,16H2,(H,18,19). The van der Waals surface area contributed by atoms with Crippen molar-refractivity contribution in [1.82, 2.24) is 0 Å². The number of anilines is 3. The van der Waals surface area contributed by atoms with E-state index in [1.54, 1.807) is 23.5 Å². The van der Waals surface area contributed by atoms with Gasteiger partial charge in [-0.05, 0) is 53.2 Å². The molecule has 0 aliphatic heterocycles. The Morgan fingerprint density at radius 2 is 1.85 bits per heavy atom. The molecule has 0 saturated carbocycles. The number of aromatic carboxylic acids is 1. The summed E-state index contributed by atoms with van der Waals surface area (Å²) in [6.45, 7) is 0. The minimum absolute atomic E-state index is 0.115. The number of carboxylic acid groups (broad SMARTS) is 1. The number of rotatable bonds is 3. The monoisotopic (exact) mass is 284 g/mol. The van der Waals surface area contributed by atoms with Crippen LogP contribution in [0, 0.1) is 0 Å². The number of hydrogen-bond acceptors (Lipinski definition) is 4. The quantitative estimate of drug-likeness (QED) is 0.637. The molecule has 0 amide bonds. The van der Waals surface area contributed by atoms with Crippen molar-refractivity contribution in [2.24, 2.45) is 0 Å². The van der Waals surface area contributed by atoms with Gasteiger partial charge < -0.3 is 16.2 Å². The molecule has 0 aliphatic carbocycles. The van der Waals surface area contributed by atoms with E-state index in [9.17, 15) is 4.79 Å². The van der Waals surface area contributed by atoms with Gasteiger partial charge in [-0.1, -0.05) is 0 Å². The summed E-state index contributed by atoms with van der Waals surface area (Å²) in [6.07, 6.45) is 0. The molecule has 5 heteroatoms. The maximum Gasteiger partial charge on any atom is 0.337 e. The first kappa shape index (κ1) is 12.5. The highest BCUT2D eigenvalue weighted by Crippen LogP contribution is 2.27. The number of nitrogen functional groups attached to an aromatic ring is 1. The summed E-state index contributed by atoms with van der Waals surface area (Å²) in [5.74, 6) is -1.02. The van der Waals surface area contributed by atoms with E-state index in [0.29, 0.717) is 0 Å². The summed E-state index contributed by atoms with van der Waals surface area (Å²) in [4.78, 5) is 10.9. The number of nitrogens with two attached hydrogens (primary N) is 1. The Morgan fingerprint density at radius 3 is 2.60 bits per heavy atom. The van der Waals surface area contributed by atoms with Gasteiger partial charge in [0, 0.05) is 21.8 Å². The van der Waals surface area contributed by atoms with Gasteiger partial charge in [-0.3, -0.25) is 0 Å². The van der Waals surface area contributed by atoms with Crippen molar-refractivity contribution in [1.29, 1.82) is 0 Å². The third kappa shape index (κ3) is 2.31. The number of thiophene rings is 1. The maximum atomic E-state index is 10.9. The molecule has 0 spiro atoms. The number of carboxylic acids is 1. The first-order valence-corrected chi connectivity index (χ1v) is 6.88. The molecule has 0 saturated heterocycles. The Kier molecular flexibility index (Phi) is 3.04. The summed E-state index contributed by atoms with van der Waals surface area (Å²) < 4.78 is 1.23. The predicted molar refractivity (Wildman–Crippen MR) is 82.9 cm³/mol. The maximum absolute atomic E-state index is 10.9. The largest absolute Gasteiger partial charge is 0.478 e. The Hall–Kier alpha value is -2.53. The molecule has 1 aromatic heterocycles. The topological polar surface area (TPSA) is 75.3 Å². The average molecular weight is 284 g/mol. The average Bonchev–Trinajstić information content (AvgIpc) is 2.85. The fourth-order valence-corrected chi connectivity index (χ4v) is 2.82. The van der Waals surface area contributed by atoms with Crippen LogP contribution >= 0.6 is 11.3 Å². The van der Waals surface area contributed by atoms with Crippen LogP contribution in [0.25, 0.3) is 10.1 Å².